The first-order valence-corrected chi connectivity index (χ1v) is 27.4. The van der Waals surface area contributed by atoms with E-state index in [4.69, 9.17) is 18.9 Å². The molecule has 0 saturated heterocycles. The van der Waals surface area contributed by atoms with Gasteiger partial charge in [-0.05, 0) is 51.4 Å². The third-order valence-electron chi connectivity index (χ3n) is 12.7. The minimum Gasteiger partial charge on any atom is -0.465 e. The van der Waals surface area contributed by atoms with Gasteiger partial charge in [0.1, 0.15) is 0 Å². The lowest BCUT2D eigenvalue weighted by Gasteiger charge is -2.26. The van der Waals surface area contributed by atoms with E-state index >= 15 is 0 Å². The number of ether oxygens (including phenoxy) is 4. The third kappa shape index (κ3) is 44.3. The number of allylic oxidation sites excluding steroid dienone is 1. The van der Waals surface area contributed by atoms with Crippen LogP contribution in [0.15, 0.2) is 11.6 Å². The molecule has 0 rings (SSSR count). The van der Waals surface area contributed by atoms with E-state index in [0.29, 0.717) is 64.6 Å². The van der Waals surface area contributed by atoms with Crippen molar-refractivity contribution in [3.8, 4) is 0 Å². The standard InChI is InChI=1S/C55H108N2O7/c1-7-11-15-19-23-27-31-52(32-28-24-20-16-12-8-2)49-63-54(59)36-45-61-47-42-56(38-35-51(5)6)39-40-57(41-44-58)43-48-62-46-37-55(60)64-50-53(33-29-25-21-17-13-9-3)34-30-26-22-18-14-10-4/h35,52-53,58H,7-34,36-50H2,1-6H3. The number of unbranched alkanes of at least 4 members (excludes halogenated alkanes) is 20. The van der Waals surface area contributed by atoms with Gasteiger partial charge in [0.05, 0.1) is 59.1 Å². The summed E-state index contributed by atoms with van der Waals surface area (Å²) in [5.74, 6) is 0.613. The zero-order valence-corrected chi connectivity index (χ0v) is 43.4. The van der Waals surface area contributed by atoms with Gasteiger partial charge in [-0.3, -0.25) is 19.4 Å². The predicted molar refractivity (Wildman–Crippen MR) is 271 cm³/mol. The molecule has 0 aliphatic heterocycles. The van der Waals surface area contributed by atoms with Crippen LogP contribution in [0.25, 0.3) is 0 Å². The molecule has 1 N–H and O–H groups in total. The maximum absolute atomic E-state index is 12.7. The highest BCUT2D eigenvalue weighted by Crippen LogP contribution is 2.22. The molecule has 64 heavy (non-hydrogen) atoms. The summed E-state index contributed by atoms with van der Waals surface area (Å²) in [5, 5.41) is 9.80. The fraction of sp³-hybridized carbons (Fsp3) is 0.927. The molecule has 0 aliphatic rings. The summed E-state index contributed by atoms with van der Waals surface area (Å²) in [5.41, 5.74) is 1.27. The van der Waals surface area contributed by atoms with E-state index in [1.807, 2.05) is 0 Å². The normalized spacial score (nSPS) is 11.7. The van der Waals surface area contributed by atoms with Crippen LogP contribution >= 0.6 is 0 Å². The number of carbonyl (C=O) groups is 2. The highest BCUT2D eigenvalue weighted by molar-refractivity contribution is 5.69. The first kappa shape index (κ1) is 62.5. The van der Waals surface area contributed by atoms with Crippen LogP contribution in [0.3, 0.4) is 0 Å². The lowest BCUT2D eigenvalue weighted by Crippen LogP contribution is -2.39. The Balaban J connectivity index is 4.65. The molecule has 380 valence electrons. The van der Waals surface area contributed by atoms with E-state index in [9.17, 15) is 14.7 Å². The van der Waals surface area contributed by atoms with Crippen molar-refractivity contribution in [2.75, 3.05) is 85.5 Å². The Morgan fingerprint density at radius 2 is 0.797 bits per heavy atom. The molecule has 9 nitrogen and oxygen atoms in total. The average molecular weight is 909 g/mol. The van der Waals surface area contributed by atoms with Crippen molar-refractivity contribution in [2.45, 2.75) is 234 Å². The maximum atomic E-state index is 12.7. The van der Waals surface area contributed by atoms with E-state index in [-0.39, 0.29) is 31.4 Å². The molecule has 0 radical (unpaired) electrons. The monoisotopic (exact) mass is 909 g/mol. The van der Waals surface area contributed by atoms with Crippen molar-refractivity contribution in [3.63, 3.8) is 0 Å². The molecule has 0 heterocycles. The molecule has 0 spiro atoms. The Kier molecular flexibility index (Phi) is 48.2. The smallest absolute Gasteiger partial charge is 0.308 e. The van der Waals surface area contributed by atoms with Crippen LogP contribution < -0.4 is 0 Å². The molecule has 0 aromatic heterocycles. The Hall–Kier alpha value is -1.52. The molecule has 0 unspecified atom stereocenters. The molecule has 0 saturated carbocycles. The van der Waals surface area contributed by atoms with E-state index < -0.39 is 0 Å². The summed E-state index contributed by atoms with van der Waals surface area (Å²) in [6.07, 6.45) is 38.5. The van der Waals surface area contributed by atoms with Crippen LogP contribution in [0.4, 0.5) is 0 Å². The second-order valence-electron chi connectivity index (χ2n) is 19.2. The molecule has 0 aliphatic carbocycles. The van der Waals surface area contributed by atoms with Gasteiger partial charge in [0.25, 0.3) is 0 Å². The molecule has 9 heteroatoms. The van der Waals surface area contributed by atoms with Crippen molar-refractivity contribution in [1.82, 2.24) is 9.80 Å². The Bertz CT molecular complexity index is 990. The molecule has 0 atom stereocenters. The number of aliphatic hydroxyl groups excluding tert-OH is 1. The highest BCUT2D eigenvalue weighted by atomic mass is 16.5. The summed E-state index contributed by atoms with van der Waals surface area (Å²) in [7, 11) is 0. The zero-order valence-electron chi connectivity index (χ0n) is 43.4. The Morgan fingerprint density at radius 1 is 0.453 bits per heavy atom. The summed E-state index contributed by atoms with van der Waals surface area (Å²) in [6, 6.07) is 0. The van der Waals surface area contributed by atoms with Gasteiger partial charge in [-0.15, -0.1) is 0 Å². The van der Waals surface area contributed by atoms with Crippen LogP contribution in [0.5, 0.6) is 0 Å². The van der Waals surface area contributed by atoms with Gasteiger partial charge in [-0.25, -0.2) is 0 Å². The summed E-state index contributed by atoms with van der Waals surface area (Å²) >= 11 is 0. The molecular weight excluding hydrogens is 801 g/mol. The van der Waals surface area contributed by atoms with Crippen LogP contribution in [0, 0.1) is 11.8 Å². The van der Waals surface area contributed by atoms with E-state index in [2.05, 4.69) is 57.4 Å². The Morgan fingerprint density at radius 3 is 1.16 bits per heavy atom. The molecule has 0 amide bonds. The van der Waals surface area contributed by atoms with Crippen LogP contribution in [0.2, 0.25) is 0 Å². The van der Waals surface area contributed by atoms with Gasteiger partial charge in [-0.1, -0.05) is 193 Å². The molecule has 0 bridgehead atoms. The van der Waals surface area contributed by atoms with Crippen LogP contribution in [-0.2, 0) is 28.5 Å². The number of hydrogen-bond acceptors (Lipinski definition) is 9. The second kappa shape index (κ2) is 49.4. The highest BCUT2D eigenvalue weighted by Gasteiger charge is 2.15. The number of hydrogen-bond donors (Lipinski definition) is 1. The quantitative estimate of drug-likeness (QED) is 0.0363. The van der Waals surface area contributed by atoms with E-state index in [1.54, 1.807) is 0 Å². The van der Waals surface area contributed by atoms with Crippen molar-refractivity contribution < 1.29 is 33.6 Å². The number of nitrogens with zero attached hydrogens (tertiary/aromatic N) is 2. The lowest BCUT2D eigenvalue weighted by molar-refractivity contribution is -0.147. The minimum absolute atomic E-state index is 0.0804. The van der Waals surface area contributed by atoms with Gasteiger partial charge in [-0.2, -0.15) is 0 Å². The molecule has 0 fully saturated rings. The number of carbonyl (C=O) groups excluding carboxylic acids is 2. The summed E-state index contributed by atoms with van der Waals surface area (Å²) < 4.78 is 23.5. The maximum Gasteiger partial charge on any atom is 0.308 e. The first-order chi connectivity index (χ1) is 31.3. The number of aliphatic hydroxyl groups is 1. The SMILES string of the molecule is CCCCCCCCC(CCCCCCCC)COC(=O)CCOCCN(CC=C(C)C)CCN(CCO)CCOCCC(=O)OCC(CCCCCCCC)CCCCCCCC. The molecule has 0 aromatic rings. The van der Waals surface area contributed by atoms with Crippen LogP contribution in [0.1, 0.15) is 234 Å². The van der Waals surface area contributed by atoms with Crippen molar-refractivity contribution in [1.29, 1.82) is 0 Å². The van der Waals surface area contributed by atoms with Crippen molar-refractivity contribution in [3.05, 3.63) is 11.6 Å². The first-order valence-electron chi connectivity index (χ1n) is 27.4. The lowest BCUT2D eigenvalue weighted by atomic mass is 9.95. The number of esters is 2. The second-order valence-corrected chi connectivity index (χ2v) is 19.2. The minimum atomic E-state index is -0.164. The molecular formula is C55H108N2O7. The fourth-order valence-corrected chi connectivity index (χ4v) is 8.31. The van der Waals surface area contributed by atoms with Gasteiger partial charge in [0.15, 0.2) is 0 Å². The average Bonchev–Trinajstić information content (AvgIpc) is 3.28. The fourth-order valence-electron chi connectivity index (χ4n) is 8.31. The summed E-state index contributed by atoms with van der Waals surface area (Å²) in [6.45, 7) is 20.6. The summed E-state index contributed by atoms with van der Waals surface area (Å²) in [4.78, 5) is 30.0. The Labute approximate surface area is 397 Å². The largest absolute Gasteiger partial charge is 0.465 e. The van der Waals surface area contributed by atoms with Crippen molar-refractivity contribution in [2.24, 2.45) is 11.8 Å². The third-order valence-corrected chi connectivity index (χ3v) is 12.7. The van der Waals surface area contributed by atoms with Gasteiger partial charge >= 0.3 is 11.9 Å². The molecule has 0 aromatic carbocycles. The van der Waals surface area contributed by atoms with E-state index in [1.165, 1.54) is 160 Å². The predicted octanol–water partition coefficient (Wildman–Crippen LogP) is 13.7. The van der Waals surface area contributed by atoms with Crippen molar-refractivity contribution >= 4 is 11.9 Å². The number of rotatable bonds is 51. The van der Waals surface area contributed by atoms with Crippen LogP contribution in [-0.4, -0.2) is 112 Å². The zero-order chi connectivity index (χ0) is 47.0. The van der Waals surface area contributed by atoms with Gasteiger partial charge in [0.2, 0.25) is 0 Å². The van der Waals surface area contributed by atoms with Gasteiger partial charge in [0, 0.05) is 39.3 Å². The van der Waals surface area contributed by atoms with Gasteiger partial charge < -0.3 is 24.1 Å². The topological polar surface area (TPSA) is 97.8 Å². The van der Waals surface area contributed by atoms with E-state index in [0.717, 1.165) is 51.9 Å².